The standard InChI is InChI=1S/C6H14.C2H6.5CH4/c1-3-5-6-4-2;1-2;;;;;/h3-6H2,1-2H3;1-2H3;5*1H4. The summed E-state index contributed by atoms with van der Waals surface area (Å²) in [6, 6.07) is 0. The van der Waals surface area contributed by atoms with Gasteiger partial charge in [-0.2, -0.15) is 0 Å². The fraction of sp³-hybridized carbons (Fsp3) is 1.00. The molecule has 0 bridgehead atoms. The molecule has 13 heavy (non-hydrogen) atoms. The van der Waals surface area contributed by atoms with E-state index in [2.05, 4.69) is 13.8 Å². The van der Waals surface area contributed by atoms with Gasteiger partial charge in [-0.15, -0.1) is 0 Å². The van der Waals surface area contributed by atoms with E-state index in [4.69, 9.17) is 0 Å². The second-order valence-electron chi connectivity index (χ2n) is 1.71. The Hall–Kier alpha value is 0. The van der Waals surface area contributed by atoms with Gasteiger partial charge in [0.05, 0.1) is 0 Å². The molecule has 0 aromatic carbocycles. The van der Waals surface area contributed by atoms with E-state index in [-0.39, 0.29) is 37.1 Å². The first kappa shape index (κ1) is 52.0. The van der Waals surface area contributed by atoms with Gasteiger partial charge >= 0.3 is 0 Å². The Kier molecular flexibility index (Phi) is 363. The quantitative estimate of drug-likeness (QED) is 0.436. The summed E-state index contributed by atoms with van der Waals surface area (Å²) in [6.45, 7) is 8.46. The molecule has 92 valence electrons. The summed E-state index contributed by atoms with van der Waals surface area (Å²) in [5.74, 6) is 0. The highest BCUT2D eigenvalue weighted by Gasteiger charge is 1.75. The molecule has 0 unspecified atom stereocenters. The van der Waals surface area contributed by atoms with Crippen LogP contribution >= 0.6 is 0 Å². The highest BCUT2D eigenvalue weighted by molar-refractivity contribution is 4.31. The summed E-state index contributed by atoms with van der Waals surface area (Å²) in [5, 5.41) is 0. The van der Waals surface area contributed by atoms with Crippen LogP contribution in [0.15, 0.2) is 0 Å². The lowest BCUT2D eigenvalue weighted by Gasteiger charge is -1.86. The molecule has 0 saturated carbocycles. The van der Waals surface area contributed by atoms with E-state index in [9.17, 15) is 0 Å². The molecular weight excluding hydrogens is 156 g/mol. The highest BCUT2D eigenvalue weighted by Crippen LogP contribution is 1.95. The zero-order chi connectivity index (χ0) is 6.83. The average Bonchev–Trinajstić information content (AvgIpc) is 1.88. The largest absolute Gasteiger partial charge is 0.0776 e. The lowest BCUT2D eigenvalue weighted by Crippen LogP contribution is -1.66. The van der Waals surface area contributed by atoms with Gasteiger partial charge in [-0.25, -0.2) is 0 Å². The van der Waals surface area contributed by atoms with Crippen molar-refractivity contribution in [3.05, 3.63) is 0 Å². The van der Waals surface area contributed by atoms with Crippen LogP contribution in [-0.2, 0) is 0 Å². The molecule has 0 saturated heterocycles. The third-order valence-corrected chi connectivity index (χ3v) is 0.957. The van der Waals surface area contributed by atoms with Crippen molar-refractivity contribution in [2.45, 2.75) is 90.5 Å². The molecule has 0 atom stereocenters. The molecule has 0 spiro atoms. The lowest BCUT2D eigenvalue weighted by atomic mass is 10.2. The smallest absolute Gasteiger partial charge is 0.0536 e. The molecule has 0 N–H and O–H groups in total. The number of hydrogen-bond donors (Lipinski definition) is 0. The van der Waals surface area contributed by atoms with Gasteiger partial charge in [0.25, 0.3) is 0 Å². The van der Waals surface area contributed by atoms with Crippen LogP contribution in [0.1, 0.15) is 90.5 Å². The Morgan fingerprint density at radius 3 is 0.769 bits per heavy atom. The van der Waals surface area contributed by atoms with Gasteiger partial charge in [-0.1, -0.05) is 90.5 Å². The van der Waals surface area contributed by atoms with E-state index in [1.165, 1.54) is 25.7 Å². The van der Waals surface area contributed by atoms with Gasteiger partial charge < -0.3 is 0 Å². The van der Waals surface area contributed by atoms with Crippen molar-refractivity contribution in [1.82, 2.24) is 0 Å². The first-order valence-corrected chi connectivity index (χ1v) is 3.91. The highest BCUT2D eigenvalue weighted by atomic mass is 13.8. The maximum atomic E-state index is 2.23. The second kappa shape index (κ2) is 90.8. The molecule has 0 radical (unpaired) electrons. The van der Waals surface area contributed by atoms with Gasteiger partial charge in [0.2, 0.25) is 0 Å². The summed E-state index contributed by atoms with van der Waals surface area (Å²) in [5.41, 5.74) is 0. The zero-order valence-corrected chi connectivity index (χ0v) is 6.83. The van der Waals surface area contributed by atoms with Crippen LogP contribution < -0.4 is 0 Å². The van der Waals surface area contributed by atoms with Gasteiger partial charge in [0, 0.05) is 0 Å². The molecule has 0 nitrogen and oxygen atoms in total. The minimum atomic E-state index is 0. The molecule has 0 aromatic heterocycles. The predicted molar refractivity (Wildman–Crippen MR) is 74.8 cm³/mol. The van der Waals surface area contributed by atoms with Crippen LogP contribution in [0.3, 0.4) is 0 Å². The van der Waals surface area contributed by atoms with E-state index < -0.39 is 0 Å². The summed E-state index contributed by atoms with van der Waals surface area (Å²) in [7, 11) is 0. The van der Waals surface area contributed by atoms with Crippen LogP contribution in [0.4, 0.5) is 0 Å². The first-order chi connectivity index (χ1) is 3.91. The van der Waals surface area contributed by atoms with Crippen molar-refractivity contribution < 1.29 is 0 Å². The van der Waals surface area contributed by atoms with Crippen molar-refractivity contribution in [1.29, 1.82) is 0 Å². The molecule has 0 fully saturated rings. The Morgan fingerprint density at radius 2 is 0.692 bits per heavy atom. The summed E-state index contributed by atoms with van der Waals surface area (Å²) >= 11 is 0. The monoisotopic (exact) mass is 196 g/mol. The van der Waals surface area contributed by atoms with Gasteiger partial charge in [0.15, 0.2) is 0 Å². The van der Waals surface area contributed by atoms with Crippen LogP contribution in [0.5, 0.6) is 0 Å². The molecule has 0 aromatic rings. The van der Waals surface area contributed by atoms with Crippen LogP contribution in [0.25, 0.3) is 0 Å². The normalized spacial score (nSPS) is 4.62. The number of rotatable bonds is 3. The zero-order valence-electron chi connectivity index (χ0n) is 6.83. The van der Waals surface area contributed by atoms with E-state index in [0.717, 1.165) is 0 Å². The molecular formula is C13H40. The molecule has 0 amide bonds. The van der Waals surface area contributed by atoms with E-state index in [1.54, 1.807) is 0 Å². The van der Waals surface area contributed by atoms with Gasteiger partial charge in [-0.05, 0) is 0 Å². The van der Waals surface area contributed by atoms with E-state index >= 15 is 0 Å². The fourth-order valence-electron chi connectivity index (χ4n) is 0.500. The van der Waals surface area contributed by atoms with Crippen LogP contribution in [-0.4, -0.2) is 0 Å². The Labute approximate surface area is 91.2 Å². The third-order valence-electron chi connectivity index (χ3n) is 0.957. The summed E-state index contributed by atoms with van der Waals surface area (Å²) in [4.78, 5) is 0. The predicted octanol–water partition coefficient (Wildman–Crippen LogP) is 6.79. The molecule has 0 heterocycles. The molecule has 0 aliphatic carbocycles. The second-order valence-corrected chi connectivity index (χ2v) is 1.71. The van der Waals surface area contributed by atoms with Crippen LogP contribution in [0.2, 0.25) is 0 Å². The number of hydrogen-bond acceptors (Lipinski definition) is 0. The van der Waals surface area contributed by atoms with Crippen molar-refractivity contribution >= 4 is 0 Å². The maximum absolute atomic E-state index is 2.23. The van der Waals surface area contributed by atoms with Gasteiger partial charge in [-0.3, -0.25) is 0 Å². The maximum Gasteiger partial charge on any atom is -0.0536 e. The van der Waals surface area contributed by atoms with Crippen molar-refractivity contribution in [3.63, 3.8) is 0 Å². The Bertz CT molecular complexity index is 12.0. The first-order valence-electron chi connectivity index (χ1n) is 3.91. The fourth-order valence-corrected chi connectivity index (χ4v) is 0.500. The van der Waals surface area contributed by atoms with Gasteiger partial charge in [0.1, 0.15) is 0 Å². The average molecular weight is 196 g/mol. The Balaban J connectivity index is -0.00000000966. The molecule has 0 aliphatic heterocycles. The van der Waals surface area contributed by atoms with E-state index in [1.807, 2.05) is 13.8 Å². The van der Waals surface area contributed by atoms with Crippen LogP contribution in [0, 0.1) is 0 Å². The van der Waals surface area contributed by atoms with Crippen molar-refractivity contribution in [2.75, 3.05) is 0 Å². The lowest BCUT2D eigenvalue weighted by molar-refractivity contribution is 0.702. The topological polar surface area (TPSA) is 0 Å². The Morgan fingerprint density at radius 1 is 0.538 bits per heavy atom. The van der Waals surface area contributed by atoms with Crippen molar-refractivity contribution in [3.8, 4) is 0 Å². The third kappa shape index (κ3) is 133. The van der Waals surface area contributed by atoms with Crippen molar-refractivity contribution in [2.24, 2.45) is 0 Å². The SMILES string of the molecule is C.C.C.C.C.CC.CCCCCC. The number of unbranched alkanes of at least 4 members (excludes halogenated alkanes) is 3. The minimum absolute atomic E-state index is 0. The van der Waals surface area contributed by atoms with E-state index in [0.29, 0.717) is 0 Å². The molecule has 0 heteroatoms. The minimum Gasteiger partial charge on any atom is -0.0776 e. The molecule has 0 aliphatic rings. The summed E-state index contributed by atoms with van der Waals surface area (Å²) in [6.07, 6.45) is 5.54. The molecule has 0 rings (SSSR count). The summed E-state index contributed by atoms with van der Waals surface area (Å²) < 4.78 is 0.